The predicted octanol–water partition coefficient (Wildman–Crippen LogP) is 4.50. The van der Waals surface area contributed by atoms with E-state index < -0.39 is 6.04 Å². The van der Waals surface area contributed by atoms with Gasteiger partial charge in [-0.15, -0.1) is 11.8 Å². The molecule has 0 aliphatic rings. The molecule has 0 aromatic heterocycles. The van der Waals surface area contributed by atoms with Gasteiger partial charge >= 0.3 is 0 Å². The van der Waals surface area contributed by atoms with E-state index in [1.807, 2.05) is 81.4 Å². The highest BCUT2D eigenvalue weighted by molar-refractivity contribution is 7.99. The maximum atomic E-state index is 13.0. The van der Waals surface area contributed by atoms with Crippen molar-refractivity contribution in [1.29, 1.82) is 0 Å². The van der Waals surface area contributed by atoms with Crippen molar-refractivity contribution in [3.8, 4) is 0 Å². The topological polar surface area (TPSA) is 49.4 Å². The molecule has 0 heterocycles. The maximum absolute atomic E-state index is 13.0. The molecule has 0 radical (unpaired) electrons. The molecule has 0 saturated carbocycles. The second-order valence-electron chi connectivity index (χ2n) is 6.91. The molecular formula is C23H30N2O2S. The number of thioether (sulfide) groups is 1. The lowest BCUT2D eigenvalue weighted by Crippen LogP contribution is -2.49. The van der Waals surface area contributed by atoms with Crippen LogP contribution in [0.3, 0.4) is 0 Å². The first-order valence-corrected chi connectivity index (χ1v) is 10.8. The van der Waals surface area contributed by atoms with Gasteiger partial charge in [0.15, 0.2) is 0 Å². The SMILES string of the molecule is CC[C@@H](C)NC(=O)[C@@H](C)N(Cc1ccccc1)C(=O)CCSc1ccccc1. The Morgan fingerprint density at radius 2 is 1.61 bits per heavy atom. The first kappa shape index (κ1) is 22.0. The van der Waals surface area contributed by atoms with E-state index in [1.165, 1.54) is 0 Å². The number of amides is 2. The molecule has 1 N–H and O–H groups in total. The first-order valence-electron chi connectivity index (χ1n) is 9.82. The van der Waals surface area contributed by atoms with E-state index in [2.05, 4.69) is 5.32 Å². The van der Waals surface area contributed by atoms with Crippen LogP contribution in [0.4, 0.5) is 0 Å². The Morgan fingerprint density at radius 3 is 2.21 bits per heavy atom. The maximum Gasteiger partial charge on any atom is 0.242 e. The van der Waals surface area contributed by atoms with Gasteiger partial charge in [-0.2, -0.15) is 0 Å². The van der Waals surface area contributed by atoms with Crippen LogP contribution in [-0.2, 0) is 16.1 Å². The molecule has 28 heavy (non-hydrogen) atoms. The first-order chi connectivity index (χ1) is 13.5. The van der Waals surface area contributed by atoms with E-state index in [0.717, 1.165) is 16.9 Å². The van der Waals surface area contributed by atoms with Crippen molar-refractivity contribution >= 4 is 23.6 Å². The van der Waals surface area contributed by atoms with Crippen LogP contribution in [0.2, 0.25) is 0 Å². The minimum Gasteiger partial charge on any atom is -0.352 e. The summed E-state index contributed by atoms with van der Waals surface area (Å²) in [5.41, 5.74) is 1.02. The normalized spacial score (nSPS) is 12.8. The molecule has 0 saturated heterocycles. The third-order valence-electron chi connectivity index (χ3n) is 4.69. The van der Waals surface area contributed by atoms with E-state index in [-0.39, 0.29) is 17.9 Å². The largest absolute Gasteiger partial charge is 0.352 e. The zero-order valence-electron chi connectivity index (χ0n) is 16.9. The van der Waals surface area contributed by atoms with E-state index in [9.17, 15) is 9.59 Å². The quantitative estimate of drug-likeness (QED) is 0.600. The average molecular weight is 399 g/mol. The van der Waals surface area contributed by atoms with Crippen LogP contribution in [0.5, 0.6) is 0 Å². The molecular weight excluding hydrogens is 368 g/mol. The van der Waals surface area contributed by atoms with Gasteiger partial charge in [0.05, 0.1) is 0 Å². The minimum atomic E-state index is -0.511. The third-order valence-corrected chi connectivity index (χ3v) is 5.71. The molecule has 2 amide bonds. The van der Waals surface area contributed by atoms with Gasteiger partial charge in [-0.25, -0.2) is 0 Å². The summed E-state index contributed by atoms with van der Waals surface area (Å²) in [4.78, 5) is 28.4. The molecule has 0 unspecified atom stereocenters. The van der Waals surface area contributed by atoms with Crippen LogP contribution >= 0.6 is 11.8 Å². The zero-order chi connectivity index (χ0) is 20.4. The molecule has 0 bridgehead atoms. The average Bonchev–Trinajstić information content (AvgIpc) is 2.72. The van der Waals surface area contributed by atoms with Gasteiger partial charge in [0.1, 0.15) is 6.04 Å². The van der Waals surface area contributed by atoms with Crippen molar-refractivity contribution in [2.75, 3.05) is 5.75 Å². The Morgan fingerprint density at radius 1 is 1.00 bits per heavy atom. The number of rotatable bonds is 10. The van der Waals surface area contributed by atoms with Crippen molar-refractivity contribution in [2.24, 2.45) is 0 Å². The van der Waals surface area contributed by atoms with Crippen LogP contribution in [0, 0.1) is 0 Å². The van der Waals surface area contributed by atoms with Crippen molar-refractivity contribution in [3.05, 3.63) is 66.2 Å². The number of carbonyl (C=O) groups is 2. The molecule has 2 aromatic rings. The fourth-order valence-electron chi connectivity index (χ4n) is 2.74. The van der Waals surface area contributed by atoms with Crippen LogP contribution in [-0.4, -0.2) is 34.6 Å². The van der Waals surface area contributed by atoms with Gasteiger partial charge in [0.2, 0.25) is 11.8 Å². The minimum absolute atomic E-state index is 0.000847. The number of carbonyl (C=O) groups excluding carboxylic acids is 2. The molecule has 2 aromatic carbocycles. The lowest BCUT2D eigenvalue weighted by molar-refractivity contribution is -0.140. The monoisotopic (exact) mass is 398 g/mol. The van der Waals surface area contributed by atoms with Gasteiger partial charge in [0, 0.05) is 29.7 Å². The Kier molecular flexibility index (Phi) is 9.08. The fourth-order valence-corrected chi connectivity index (χ4v) is 3.61. The molecule has 2 rings (SSSR count). The van der Waals surface area contributed by atoms with Gasteiger partial charge in [0.25, 0.3) is 0 Å². The van der Waals surface area contributed by atoms with Gasteiger partial charge in [-0.1, -0.05) is 55.5 Å². The Bertz CT molecular complexity index is 737. The third kappa shape index (κ3) is 7.04. The van der Waals surface area contributed by atoms with Crippen molar-refractivity contribution in [3.63, 3.8) is 0 Å². The van der Waals surface area contributed by atoms with E-state index in [0.29, 0.717) is 18.7 Å². The number of benzene rings is 2. The standard InChI is InChI=1S/C23H30N2O2S/c1-4-18(2)24-23(27)19(3)25(17-20-11-7-5-8-12-20)22(26)15-16-28-21-13-9-6-10-14-21/h5-14,18-19H,4,15-17H2,1-3H3,(H,24,27)/t18-,19-/m1/s1. The molecule has 2 atom stereocenters. The van der Waals surface area contributed by atoms with Crippen molar-refractivity contribution in [1.82, 2.24) is 10.2 Å². The molecule has 150 valence electrons. The second-order valence-corrected chi connectivity index (χ2v) is 8.08. The summed E-state index contributed by atoms with van der Waals surface area (Å²) >= 11 is 1.66. The van der Waals surface area contributed by atoms with Crippen molar-refractivity contribution in [2.45, 2.75) is 57.1 Å². The predicted molar refractivity (Wildman–Crippen MR) is 116 cm³/mol. The number of nitrogens with one attached hydrogen (secondary N) is 1. The molecule has 0 aliphatic carbocycles. The van der Waals surface area contributed by atoms with E-state index >= 15 is 0 Å². The summed E-state index contributed by atoms with van der Waals surface area (Å²) in [6, 6.07) is 19.5. The highest BCUT2D eigenvalue weighted by Gasteiger charge is 2.26. The van der Waals surface area contributed by atoms with Gasteiger partial charge in [-0.3, -0.25) is 9.59 Å². The van der Waals surface area contributed by atoms with Crippen LogP contribution in [0.15, 0.2) is 65.6 Å². The lowest BCUT2D eigenvalue weighted by atomic mass is 10.1. The lowest BCUT2D eigenvalue weighted by Gasteiger charge is -2.29. The Balaban J connectivity index is 2.03. The highest BCUT2D eigenvalue weighted by Crippen LogP contribution is 2.19. The van der Waals surface area contributed by atoms with E-state index in [4.69, 9.17) is 0 Å². The molecule has 4 nitrogen and oxygen atoms in total. The Labute approximate surface area is 172 Å². The zero-order valence-corrected chi connectivity index (χ0v) is 17.7. The molecule has 0 aliphatic heterocycles. The summed E-state index contributed by atoms with van der Waals surface area (Å²) in [6.07, 6.45) is 1.26. The fraction of sp³-hybridized carbons (Fsp3) is 0.391. The van der Waals surface area contributed by atoms with Crippen LogP contribution < -0.4 is 5.32 Å². The smallest absolute Gasteiger partial charge is 0.242 e. The number of nitrogens with zero attached hydrogens (tertiary/aromatic N) is 1. The summed E-state index contributed by atoms with van der Waals surface area (Å²) in [6.45, 7) is 6.25. The number of hydrogen-bond acceptors (Lipinski definition) is 3. The number of hydrogen-bond donors (Lipinski definition) is 1. The molecule has 0 fully saturated rings. The van der Waals surface area contributed by atoms with Crippen molar-refractivity contribution < 1.29 is 9.59 Å². The Hall–Kier alpha value is -2.27. The van der Waals surface area contributed by atoms with Gasteiger partial charge < -0.3 is 10.2 Å². The van der Waals surface area contributed by atoms with Crippen LogP contribution in [0.1, 0.15) is 39.2 Å². The summed E-state index contributed by atoms with van der Waals surface area (Å²) in [5, 5.41) is 2.99. The second kappa shape index (κ2) is 11.5. The van der Waals surface area contributed by atoms with Gasteiger partial charge in [-0.05, 0) is 38.0 Å². The van der Waals surface area contributed by atoms with E-state index in [1.54, 1.807) is 16.7 Å². The summed E-state index contributed by atoms with van der Waals surface area (Å²) < 4.78 is 0. The summed E-state index contributed by atoms with van der Waals surface area (Å²) in [7, 11) is 0. The highest BCUT2D eigenvalue weighted by atomic mass is 32.2. The summed E-state index contributed by atoms with van der Waals surface area (Å²) in [5.74, 6) is 0.585. The molecule has 5 heteroatoms. The van der Waals surface area contributed by atoms with Crippen LogP contribution in [0.25, 0.3) is 0 Å². The molecule has 0 spiro atoms.